The molecule has 0 heterocycles. The van der Waals surface area contributed by atoms with Gasteiger partial charge in [0, 0.05) is 11.6 Å². The van der Waals surface area contributed by atoms with Crippen molar-refractivity contribution < 1.29 is 0 Å². The molecule has 0 saturated heterocycles. The maximum atomic E-state index is 5.60. The summed E-state index contributed by atoms with van der Waals surface area (Å²) in [5, 5.41) is 0. The van der Waals surface area contributed by atoms with Crippen LogP contribution < -0.4 is 5.73 Å². The highest BCUT2D eigenvalue weighted by Crippen LogP contribution is 2.21. The van der Waals surface area contributed by atoms with Gasteiger partial charge in [-0.25, -0.2) is 0 Å². The third-order valence-corrected chi connectivity index (χ3v) is 2.15. The van der Waals surface area contributed by atoms with Crippen LogP contribution in [0, 0.1) is 11.8 Å². The van der Waals surface area contributed by atoms with Crippen molar-refractivity contribution in [2.24, 2.45) is 17.6 Å². The highest BCUT2D eigenvalue weighted by Gasteiger charge is 2.13. The number of nitrogens with two attached hydrogens (primary N) is 1. The first-order chi connectivity index (χ1) is 5.13. The summed E-state index contributed by atoms with van der Waals surface area (Å²) >= 11 is 0. The number of hydrogen-bond donors (Lipinski definition) is 1. The van der Waals surface area contributed by atoms with Crippen LogP contribution in [0.15, 0.2) is 24.9 Å². The molecule has 64 valence electrons. The molecule has 0 radical (unpaired) electrons. The Balaban J connectivity index is 4.01. The van der Waals surface area contributed by atoms with E-state index in [1.54, 1.807) is 0 Å². The van der Waals surface area contributed by atoms with E-state index in [4.69, 9.17) is 5.73 Å². The van der Waals surface area contributed by atoms with Crippen molar-refractivity contribution in [2.45, 2.75) is 26.7 Å². The molecule has 0 amide bonds. The average molecular weight is 153 g/mol. The number of rotatable bonds is 5. The lowest BCUT2D eigenvalue weighted by molar-refractivity contribution is 0.450. The number of hydrogen-bond acceptors (Lipinski definition) is 1. The normalized spacial score (nSPS) is 15.5. The van der Waals surface area contributed by atoms with Crippen molar-refractivity contribution in [2.75, 3.05) is 0 Å². The average Bonchev–Trinajstić information content (AvgIpc) is 1.98. The van der Waals surface area contributed by atoms with Gasteiger partial charge in [-0.15, -0.1) is 6.58 Å². The molecule has 0 saturated carbocycles. The van der Waals surface area contributed by atoms with E-state index in [1.165, 1.54) is 6.42 Å². The van der Waals surface area contributed by atoms with E-state index < -0.39 is 0 Å². The summed E-state index contributed by atoms with van der Waals surface area (Å²) in [4.78, 5) is 0. The zero-order valence-electron chi connectivity index (χ0n) is 7.64. The molecule has 1 nitrogen and oxygen atoms in total. The van der Waals surface area contributed by atoms with E-state index in [1.807, 2.05) is 6.08 Å². The monoisotopic (exact) mass is 153 g/mol. The molecule has 0 aliphatic rings. The van der Waals surface area contributed by atoms with E-state index in [2.05, 4.69) is 27.0 Å². The van der Waals surface area contributed by atoms with E-state index in [-0.39, 0.29) is 0 Å². The maximum Gasteiger partial charge on any atom is 0.00421 e. The third-order valence-electron chi connectivity index (χ3n) is 2.15. The van der Waals surface area contributed by atoms with Gasteiger partial charge in [-0.3, -0.25) is 0 Å². The van der Waals surface area contributed by atoms with Crippen LogP contribution in [0.5, 0.6) is 0 Å². The summed E-state index contributed by atoms with van der Waals surface area (Å²) < 4.78 is 0. The lowest BCUT2D eigenvalue weighted by atomic mass is 9.88. The molecule has 11 heavy (non-hydrogen) atoms. The minimum Gasteiger partial charge on any atom is -0.402 e. The second-order valence-corrected chi connectivity index (χ2v) is 3.05. The van der Waals surface area contributed by atoms with Gasteiger partial charge in [-0.1, -0.05) is 32.9 Å². The molecule has 0 rings (SSSR count). The van der Waals surface area contributed by atoms with Crippen LogP contribution in [-0.2, 0) is 0 Å². The zero-order valence-corrected chi connectivity index (χ0v) is 7.64. The van der Waals surface area contributed by atoms with Gasteiger partial charge < -0.3 is 5.73 Å². The summed E-state index contributed by atoms with van der Waals surface area (Å²) in [7, 11) is 0. The quantitative estimate of drug-likeness (QED) is 0.604. The van der Waals surface area contributed by atoms with Crippen LogP contribution in [0.25, 0.3) is 0 Å². The highest BCUT2D eigenvalue weighted by atomic mass is 14.6. The summed E-state index contributed by atoms with van der Waals surface area (Å²) in [5.41, 5.74) is 6.37. The number of allylic oxidation sites excluding steroid dienone is 2. The van der Waals surface area contributed by atoms with Gasteiger partial charge >= 0.3 is 0 Å². The molecule has 2 unspecified atom stereocenters. The molecule has 0 spiro atoms. The fraction of sp³-hybridized carbons (Fsp3) is 0.600. The first kappa shape index (κ1) is 10.3. The standard InChI is InChI=1S/C10H19N/c1-5-7-10(6-2)8(3)9(4)11/h6,8,10H,2,4-5,7,11H2,1,3H3. The molecule has 0 aliphatic carbocycles. The van der Waals surface area contributed by atoms with E-state index in [0.717, 1.165) is 12.1 Å². The minimum absolute atomic E-state index is 0.368. The predicted octanol–water partition coefficient (Wildman–Crippen LogP) is 2.70. The Morgan fingerprint density at radius 3 is 2.45 bits per heavy atom. The summed E-state index contributed by atoms with van der Waals surface area (Å²) in [6.07, 6.45) is 4.31. The van der Waals surface area contributed by atoms with Gasteiger partial charge in [0.1, 0.15) is 0 Å². The van der Waals surface area contributed by atoms with Crippen molar-refractivity contribution in [3.8, 4) is 0 Å². The second kappa shape index (κ2) is 5.00. The molecular formula is C10H19N. The molecule has 0 fully saturated rings. The van der Waals surface area contributed by atoms with Crippen molar-refractivity contribution >= 4 is 0 Å². The molecule has 1 heteroatoms. The van der Waals surface area contributed by atoms with Gasteiger partial charge in [0.25, 0.3) is 0 Å². The fourth-order valence-electron chi connectivity index (χ4n) is 1.18. The van der Waals surface area contributed by atoms with Crippen LogP contribution in [0.1, 0.15) is 26.7 Å². The van der Waals surface area contributed by atoms with Crippen molar-refractivity contribution in [3.63, 3.8) is 0 Å². The molecule has 0 aromatic rings. The predicted molar refractivity (Wildman–Crippen MR) is 51.1 cm³/mol. The Kier molecular flexibility index (Phi) is 4.67. The van der Waals surface area contributed by atoms with Crippen molar-refractivity contribution in [3.05, 3.63) is 24.9 Å². The van der Waals surface area contributed by atoms with E-state index in [9.17, 15) is 0 Å². The van der Waals surface area contributed by atoms with Gasteiger partial charge in [0.2, 0.25) is 0 Å². The molecule has 0 aromatic carbocycles. The van der Waals surface area contributed by atoms with Gasteiger partial charge in [-0.05, 0) is 12.3 Å². The van der Waals surface area contributed by atoms with Crippen LogP contribution in [0.4, 0.5) is 0 Å². The zero-order chi connectivity index (χ0) is 8.85. The van der Waals surface area contributed by atoms with Crippen LogP contribution in [-0.4, -0.2) is 0 Å². The molecule has 0 aliphatic heterocycles. The van der Waals surface area contributed by atoms with E-state index >= 15 is 0 Å². The fourth-order valence-corrected chi connectivity index (χ4v) is 1.18. The van der Waals surface area contributed by atoms with Crippen molar-refractivity contribution in [1.82, 2.24) is 0 Å². The van der Waals surface area contributed by atoms with Crippen LogP contribution in [0.3, 0.4) is 0 Å². The summed E-state index contributed by atoms with van der Waals surface area (Å²) in [6.45, 7) is 11.8. The second-order valence-electron chi connectivity index (χ2n) is 3.05. The molecular weight excluding hydrogens is 134 g/mol. The minimum atomic E-state index is 0.368. The summed E-state index contributed by atoms with van der Waals surface area (Å²) in [5.74, 6) is 0.866. The Hall–Kier alpha value is -0.720. The molecule has 0 bridgehead atoms. The third kappa shape index (κ3) is 3.26. The topological polar surface area (TPSA) is 26.0 Å². The largest absolute Gasteiger partial charge is 0.402 e. The SMILES string of the molecule is C=CC(CCC)C(C)C(=C)N. The maximum absolute atomic E-state index is 5.60. The Labute approximate surface area is 70.0 Å². The summed E-state index contributed by atoms with van der Waals surface area (Å²) in [6, 6.07) is 0. The van der Waals surface area contributed by atoms with Gasteiger partial charge in [-0.2, -0.15) is 0 Å². The smallest absolute Gasteiger partial charge is 0.00421 e. The highest BCUT2D eigenvalue weighted by molar-refractivity contribution is 4.99. The first-order valence-corrected chi connectivity index (χ1v) is 4.20. The van der Waals surface area contributed by atoms with E-state index in [0.29, 0.717) is 11.8 Å². The first-order valence-electron chi connectivity index (χ1n) is 4.20. The van der Waals surface area contributed by atoms with Crippen molar-refractivity contribution in [1.29, 1.82) is 0 Å². The lowest BCUT2D eigenvalue weighted by Gasteiger charge is -2.19. The Bertz CT molecular complexity index is 138. The van der Waals surface area contributed by atoms with Crippen LogP contribution >= 0.6 is 0 Å². The Morgan fingerprint density at radius 2 is 2.18 bits per heavy atom. The molecule has 2 atom stereocenters. The van der Waals surface area contributed by atoms with Crippen LogP contribution in [0.2, 0.25) is 0 Å². The molecule has 0 aromatic heterocycles. The molecule has 2 N–H and O–H groups in total. The van der Waals surface area contributed by atoms with Gasteiger partial charge in [0.15, 0.2) is 0 Å². The lowest BCUT2D eigenvalue weighted by Crippen LogP contribution is -2.16. The Morgan fingerprint density at radius 1 is 1.64 bits per heavy atom. The van der Waals surface area contributed by atoms with Gasteiger partial charge in [0.05, 0.1) is 0 Å².